The normalized spacial score (nSPS) is 11.8. The van der Waals surface area contributed by atoms with E-state index in [-0.39, 0.29) is 10.6 Å². The molecular formula is C20H23BrN2O5S. The summed E-state index contributed by atoms with van der Waals surface area (Å²) in [6.07, 6.45) is 1.51. The molecule has 156 valence electrons. The lowest BCUT2D eigenvalue weighted by Gasteiger charge is -2.12. The molecule has 0 fully saturated rings. The highest BCUT2D eigenvalue weighted by molar-refractivity contribution is 9.10. The van der Waals surface area contributed by atoms with Gasteiger partial charge in [0.05, 0.1) is 25.9 Å². The second-order valence-corrected chi connectivity index (χ2v) is 9.32. The fourth-order valence-corrected chi connectivity index (χ4v) is 4.75. The summed E-state index contributed by atoms with van der Waals surface area (Å²) in [6.45, 7) is 1.14. The number of rotatable bonds is 8. The lowest BCUT2D eigenvalue weighted by molar-refractivity contribution is 0.263. The molecule has 0 bridgehead atoms. The van der Waals surface area contributed by atoms with Crippen molar-refractivity contribution in [3.05, 3.63) is 47.1 Å². The van der Waals surface area contributed by atoms with Crippen molar-refractivity contribution >= 4 is 36.9 Å². The Labute approximate surface area is 179 Å². The smallest absolute Gasteiger partial charge is 0.271 e. The van der Waals surface area contributed by atoms with Crippen LogP contribution in [0.5, 0.6) is 17.2 Å². The first-order chi connectivity index (χ1) is 13.8. The van der Waals surface area contributed by atoms with Gasteiger partial charge in [0.1, 0.15) is 28.8 Å². The summed E-state index contributed by atoms with van der Waals surface area (Å²) >= 11 is 3.44. The Balaban J connectivity index is 2.13. The van der Waals surface area contributed by atoms with Gasteiger partial charge in [0.25, 0.3) is 10.0 Å². The second kappa shape index (κ2) is 8.64. The van der Waals surface area contributed by atoms with Crippen molar-refractivity contribution < 1.29 is 22.6 Å². The Morgan fingerprint density at radius 1 is 1.03 bits per heavy atom. The van der Waals surface area contributed by atoms with E-state index in [2.05, 4.69) is 15.9 Å². The van der Waals surface area contributed by atoms with Crippen LogP contribution in [0.1, 0.15) is 0 Å². The summed E-state index contributed by atoms with van der Waals surface area (Å²) in [7, 11) is 2.90. The van der Waals surface area contributed by atoms with Crippen molar-refractivity contribution in [3.63, 3.8) is 0 Å². The molecular weight excluding hydrogens is 460 g/mol. The molecule has 0 saturated carbocycles. The summed E-state index contributed by atoms with van der Waals surface area (Å²) in [5.41, 5.74) is 0.519. The average Bonchev–Trinajstić information content (AvgIpc) is 3.05. The molecule has 3 rings (SSSR count). The molecule has 0 radical (unpaired) electrons. The Morgan fingerprint density at radius 3 is 2.45 bits per heavy atom. The van der Waals surface area contributed by atoms with E-state index in [4.69, 9.17) is 14.2 Å². The van der Waals surface area contributed by atoms with E-state index in [1.54, 1.807) is 24.3 Å². The third-order valence-electron chi connectivity index (χ3n) is 4.40. The fourth-order valence-electron chi connectivity index (χ4n) is 2.89. The summed E-state index contributed by atoms with van der Waals surface area (Å²) < 4.78 is 45.4. The first kappa shape index (κ1) is 21.5. The number of fused-ring (bicyclic) bond motifs is 1. The minimum Gasteiger partial charge on any atom is -0.497 e. The summed E-state index contributed by atoms with van der Waals surface area (Å²) in [6, 6.07) is 9.99. The number of hydrogen-bond acceptors (Lipinski definition) is 6. The van der Waals surface area contributed by atoms with E-state index < -0.39 is 10.0 Å². The van der Waals surface area contributed by atoms with Crippen LogP contribution in [0.25, 0.3) is 10.9 Å². The highest BCUT2D eigenvalue weighted by atomic mass is 79.9. The number of hydrogen-bond donors (Lipinski definition) is 0. The van der Waals surface area contributed by atoms with Crippen LogP contribution in [0.4, 0.5) is 0 Å². The van der Waals surface area contributed by atoms with Gasteiger partial charge in [0.15, 0.2) is 0 Å². The number of benzene rings is 2. The standard InChI is InChI=1S/C20H23BrN2O5S/c1-22(2)9-10-28-19-13-23(17-7-5-14(21)11-16(17)19)29(24,25)20-8-6-15(26-3)12-18(20)27-4/h5-8,11-13H,9-10H2,1-4H3. The minimum absolute atomic E-state index is 0.0421. The number of ether oxygens (including phenoxy) is 3. The molecule has 1 aromatic heterocycles. The van der Waals surface area contributed by atoms with Crippen LogP contribution in [0.2, 0.25) is 0 Å². The molecule has 9 heteroatoms. The molecule has 1 heterocycles. The zero-order chi connectivity index (χ0) is 21.2. The van der Waals surface area contributed by atoms with Gasteiger partial charge in [0.2, 0.25) is 0 Å². The lowest BCUT2D eigenvalue weighted by atomic mass is 10.2. The average molecular weight is 483 g/mol. The largest absolute Gasteiger partial charge is 0.497 e. The SMILES string of the molecule is COc1ccc(S(=O)(=O)n2cc(OCCN(C)C)c3cc(Br)ccc32)c(OC)c1. The van der Waals surface area contributed by atoms with E-state index in [1.807, 2.05) is 25.1 Å². The number of methoxy groups -OCH3 is 2. The van der Waals surface area contributed by atoms with E-state index >= 15 is 0 Å². The minimum atomic E-state index is -3.94. The van der Waals surface area contributed by atoms with Crippen molar-refractivity contribution in [2.24, 2.45) is 0 Å². The molecule has 0 atom stereocenters. The molecule has 2 aromatic carbocycles. The second-order valence-electron chi connectivity index (χ2n) is 6.62. The van der Waals surface area contributed by atoms with Crippen LogP contribution in [0.15, 0.2) is 52.0 Å². The molecule has 29 heavy (non-hydrogen) atoms. The number of halogens is 1. The zero-order valence-corrected chi connectivity index (χ0v) is 19.1. The van der Waals surface area contributed by atoms with Gasteiger partial charge in [-0.15, -0.1) is 0 Å². The monoisotopic (exact) mass is 482 g/mol. The van der Waals surface area contributed by atoms with Crippen molar-refractivity contribution in [2.45, 2.75) is 4.90 Å². The molecule has 0 N–H and O–H groups in total. The van der Waals surface area contributed by atoms with Gasteiger partial charge < -0.3 is 19.1 Å². The molecule has 0 saturated heterocycles. The maximum Gasteiger partial charge on any atom is 0.271 e. The first-order valence-electron chi connectivity index (χ1n) is 8.83. The lowest BCUT2D eigenvalue weighted by Crippen LogP contribution is -2.19. The maximum atomic E-state index is 13.5. The van der Waals surface area contributed by atoms with Crippen LogP contribution < -0.4 is 14.2 Å². The van der Waals surface area contributed by atoms with Crippen LogP contribution in [-0.2, 0) is 10.0 Å². The van der Waals surface area contributed by atoms with Gasteiger partial charge in [-0.05, 0) is 44.4 Å². The van der Waals surface area contributed by atoms with E-state index in [9.17, 15) is 8.42 Å². The summed E-state index contributed by atoms with van der Waals surface area (Å²) in [5.74, 6) is 1.22. The highest BCUT2D eigenvalue weighted by Crippen LogP contribution is 2.36. The fraction of sp³-hybridized carbons (Fsp3) is 0.300. The quantitative estimate of drug-likeness (QED) is 0.488. The zero-order valence-electron chi connectivity index (χ0n) is 16.7. The van der Waals surface area contributed by atoms with Gasteiger partial charge in [-0.1, -0.05) is 15.9 Å². The van der Waals surface area contributed by atoms with Gasteiger partial charge in [0, 0.05) is 22.5 Å². The molecule has 3 aromatic rings. The summed E-state index contributed by atoms with van der Waals surface area (Å²) in [5, 5.41) is 0.703. The van der Waals surface area contributed by atoms with Gasteiger partial charge in [-0.3, -0.25) is 0 Å². The molecule has 7 nitrogen and oxygen atoms in total. The topological polar surface area (TPSA) is 70.0 Å². The van der Waals surface area contributed by atoms with Crippen molar-refractivity contribution in [3.8, 4) is 17.2 Å². The van der Waals surface area contributed by atoms with E-state index in [1.165, 1.54) is 30.5 Å². The molecule has 0 aliphatic carbocycles. The number of likely N-dealkylation sites (N-methyl/N-ethyl adjacent to an activating group) is 1. The van der Waals surface area contributed by atoms with Crippen molar-refractivity contribution in [1.82, 2.24) is 8.87 Å². The van der Waals surface area contributed by atoms with Crippen molar-refractivity contribution in [2.75, 3.05) is 41.5 Å². The Hall–Kier alpha value is -2.23. The third-order valence-corrected chi connectivity index (χ3v) is 6.61. The first-order valence-corrected chi connectivity index (χ1v) is 11.1. The van der Waals surface area contributed by atoms with Gasteiger partial charge in [-0.2, -0.15) is 0 Å². The molecule has 0 amide bonds. The van der Waals surface area contributed by atoms with E-state index in [0.29, 0.717) is 35.6 Å². The highest BCUT2D eigenvalue weighted by Gasteiger charge is 2.26. The van der Waals surface area contributed by atoms with E-state index in [0.717, 1.165) is 4.47 Å². The van der Waals surface area contributed by atoms with Crippen LogP contribution in [0, 0.1) is 0 Å². The van der Waals surface area contributed by atoms with Crippen LogP contribution >= 0.6 is 15.9 Å². The summed E-state index contributed by atoms with van der Waals surface area (Å²) in [4.78, 5) is 2.04. The Morgan fingerprint density at radius 2 is 1.79 bits per heavy atom. The molecule has 0 spiro atoms. The Bertz CT molecular complexity index is 1130. The Kier molecular flexibility index (Phi) is 6.40. The predicted molar refractivity (Wildman–Crippen MR) is 116 cm³/mol. The van der Waals surface area contributed by atoms with Gasteiger partial charge in [-0.25, -0.2) is 12.4 Å². The van der Waals surface area contributed by atoms with Crippen molar-refractivity contribution in [1.29, 1.82) is 0 Å². The molecule has 0 aliphatic rings. The van der Waals surface area contributed by atoms with Crippen LogP contribution in [-0.4, -0.2) is 58.8 Å². The number of nitrogens with zero attached hydrogens (tertiary/aromatic N) is 2. The van der Waals surface area contributed by atoms with Gasteiger partial charge >= 0.3 is 0 Å². The predicted octanol–water partition coefficient (Wildman–Crippen LogP) is 3.60. The third kappa shape index (κ3) is 4.36. The maximum absolute atomic E-state index is 13.5. The van der Waals surface area contributed by atoms with Crippen LogP contribution in [0.3, 0.4) is 0 Å². The number of aromatic nitrogens is 1. The molecule has 0 aliphatic heterocycles. The molecule has 0 unspecified atom stereocenters.